The van der Waals surface area contributed by atoms with Crippen LogP contribution >= 0.6 is 11.8 Å². The minimum absolute atomic E-state index is 0.0535. The second-order valence-corrected chi connectivity index (χ2v) is 6.84. The molecule has 2 aromatic heterocycles. The summed E-state index contributed by atoms with van der Waals surface area (Å²) < 4.78 is 12.4. The van der Waals surface area contributed by atoms with Crippen LogP contribution in [0.15, 0.2) is 52.2 Å². The Labute approximate surface area is 166 Å². The number of benzene rings is 1. The number of thioether (sulfide) groups is 1. The van der Waals surface area contributed by atoms with Crippen molar-refractivity contribution in [3.05, 3.63) is 48.2 Å². The molecular formula is C19H20N4O4S. The van der Waals surface area contributed by atoms with Gasteiger partial charge in [0.15, 0.2) is 16.7 Å². The number of aromatic nitrogens is 3. The van der Waals surface area contributed by atoms with E-state index in [-0.39, 0.29) is 17.4 Å². The van der Waals surface area contributed by atoms with Crippen LogP contribution < -0.4 is 5.32 Å². The van der Waals surface area contributed by atoms with E-state index < -0.39 is 0 Å². The van der Waals surface area contributed by atoms with E-state index in [0.717, 1.165) is 0 Å². The molecule has 0 aliphatic heterocycles. The van der Waals surface area contributed by atoms with Crippen LogP contribution in [0.4, 0.5) is 5.69 Å². The second kappa shape index (κ2) is 9.34. The molecular weight excluding hydrogens is 380 g/mol. The summed E-state index contributed by atoms with van der Waals surface area (Å²) in [5.74, 6) is 1.07. The predicted octanol–water partition coefficient (Wildman–Crippen LogP) is 3.12. The third-order valence-electron chi connectivity index (χ3n) is 3.86. The number of carbonyl (C=O) groups is 2. The molecule has 3 aromatic rings. The number of amides is 1. The Kier molecular flexibility index (Phi) is 6.62. The number of nitrogens with one attached hydrogen (secondary N) is 1. The zero-order chi connectivity index (χ0) is 19.9. The van der Waals surface area contributed by atoms with Gasteiger partial charge in [0.25, 0.3) is 0 Å². The number of carbonyl (C=O) groups excluding carboxylic acids is 2. The summed E-state index contributed by atoms with van der Waals surface area (Å²) in [5, 5.41) is 11.7. The Hall–Kier alpha value is -2.91. The van der Waals surface area contributed by atoms with Gasteiger partial charge in [0, 0.05) is 18.4 Å². The van der Waals surface area contributed by atoms with Gasteiger partial charge in [-0.1, -0.05) is 23.9 Å². The summed E-state index contributed by atoms with van der Waals surface area (Å²) in [7, 11) is 1.62. The van der Waals surface area contributed by atoms with E-state index in [2.05, 4.69) is 15.5 Å². The van der Waals surface area contributed by atoms with Crippen molar-refractivity contribution >= 4 is 29.1 Å². The summed E-state index contributed by atoms with van der Waals surface area (Å²) in [4.78, 5) is 23.8. The maximum atomic E-state index is 12.3. The Morgan fingerprint density at radius 1 is 1.25 bits per heavy atom. The van der Waals surface area contributed by atoms with Gasteiger partial charge in [0.2, 0.25) is 11.7 Å². The Balaban J connectivity index is 1.67. The molecule has 1 N–H and O–H groups in total. The number of ketones is 1. The molecule has 0 fully saturated rings. The number of hydrogen-bond acceptors (Lipinski definition) is 7. The van der Waals surface area contributed by atoms with Crippen LogP contribution in [-0.4, -0.2) is 45.9 Å². The number of Topliss-reactive ketones (excluding diaryl/α,β-unsaturated/α-hetero) is 1. The first kappa shape index (κ1) is 19.8. The van der Waals surface area contributed by atoms with Crippen molar-refractivity contribution in [2.75, 3.05) is 24.8 Å². The van der Waals surface area contributed by atoms with Crippen LogP contribution in [0.25, 0.3) is 11.6 Å². The van der Waals surface area contributed by atoms with Crippen LogP contribution in [0.5, 0.6) is 0 Å². The van der Waals surface area contributed by atoms with E-state index in [1.54, 1.807) is 49.8 Å². The first-order chi connectivity index (χ1) is 13.6. The molecule has 28 heavy (non-hydrogen) atoms. The van der Waals surface area contributed by atoms with Gasteiger partial charge in [-0.2, -0.15) is 0 Å². The highest BCUT2D eigenvalue weighted by molar-refractivity contribution is 7.99. The normalized spacial score (nSPS) is 10.8. The summed E-state index contributed by atoms with van der Waals surface area (Å²) in [6, 6.07) is 10.4. The van der Waals surface area contributed by atoms with E-state index in [0.29, 0.717) is 41.1 Å². The minimum atomic E-state index is -0.202. The van der Waals surface area contributed by atoms with Crippen molar-refractivity contribution in [3.8, 4) is 11.6 Å². The largest absolute Gasteiger partial charge is 0.461 e. The van der Waals surface area contributed by atoms with E-state index in [4.69, 9.17) is 9.15 Å². The number of methoxy groups -OCH3 is 1. The van der Waals surface area contributed by atoms with Crippen LogP contribution in [0.2, 0.25) is 0 Å². The van der Waals surface area contributed by atoms with Crippen LogP contribution in [-0.2, 0) is 16.1 Å². The number of anilines is 1. The lowest BCUT2D eigenvalue weighted by Crippen LogP contribution is -2.15. The maximum Gasteiger partial charge on any atom is 0.234 e. The van der Waals surface area contributed by atoms with Gasteiger partial charge < -0.3 is 14.5 Å². The number of nitrogens with zero attached hydrogens (tertiary/aromatic N) is 3. The quantitative estimate of drug-likeness (QED) is 0.435. The van der Waals surface area contributed by atoms with Crippen LogP contribution in [0.3, 0.4) is 0 Å². The number of furan rings is 1. The molecule has 2 heterocycles. The van der Waals surface area contributed by atoms with Crippen molar-refractivity contribution < 1.29 is 18.7 Å². The molecule has 0 unspecified atom stereocenters. The summed E-state index contributed by atoms with van der Waals surface area (Å²) in [5.41, 5.74) is 1.13. The molecule has 1 aromatic carbocycles. The molecule has 0 radical (unpaired) electrons. The highest BCUT2D eigenvalue weighted by Gasteiger charge is 2.17. The van der Waals surface area contributed by atoms with Gasteiger partial charge in [-0.05, 0) is 31.2 Å². The molecule has 3 rings (SSSR count). The van der Waals surface area contributed by atoms with Crippen LogP contribution in [0.1, 0.15) is 17.3 Å². The number of hydrogen-bond donors (Lipinski definition) is 1. The Bertz CT molecular complexity index is 953. The lowest BCUT2D eigenvalue weighted by molar-refractivity contribution is -0.113. The molecule has 0 saturated heterocycles. The standard InChI is InChI=1S/C19H20N4O4S/c1-13(24)14-5-3-6-15(11-14)20-17(25)12-28-19-22-21-18(16-7-4-9-27-16)23(19)8-10-26-2/h3-7,9,11H,8,10,12H2,1-2H3,(H,20,25). The minimum Gasteiger partial charge on any atom is -0.461 e. The monoisotopic (exact) mass is 400 g/mol. The smallest absolute Gasteiger partial charge is 0.234 e. The van der Waals surface area contributed by atoms with Crippen molar-refractivity contribution in [2.24, 2.45) is 0 Å². The fraction of sp³-hybridized carbons (Fsp3) is 0.263. The highest BCUT2D eigenvalue weighted by Crippen LogP contribution is 2.24. The summed E-state index contributed by atoms with van der Waals surface area (Å²) in [6.45, 7) is 2.49. The zero-order valence-corrected chi connectivity index (χ0v) is 16.4. The van der Waals surface area contributed by atoms with Crippen molar-refractivity contribution in [2.45, 2.75) is 18.6 Å². The molecule has 0 aliphatic carbocycles. The third kappa shape index (κ3) is 4.87. The molecule has 9 heteroatoms. The van der Waals surface area contributed by atoms with Gasteiger partial charge in [-0.25, -0.2) is 0 Å². The topological polar surface area (TPSA) is 99.2 Å². The molecule has 0 aliphatic rings. The molecule has 0 saturated carbocycles. The first-order valence-corrected chi connectivity index (χ1v) is 9.56. The number of rotatable bonds is 9. The van der Waals surface area contributed by atoms with Crippen molar-refractivity contribution in [1.29, 1.82) is 0 Å². The fourth-order valence-corrected chi connectivity index (χ4v) is 3.28. The van der Waals surface area contributed by atoms with Gasteiger partial charge >= 0.3 is 0 Å². The van der Waals surface area contributed by atoms with E-state index in [1.807, 2.05) is 4.57 Å². The van der Waals surface area contributed by atoms with E-state index in [1.165, 1.54) is 18.7 Å². The van der Waals surface area contributed by atoms with Gasteiger partial charge in [0.1, 0.15) is 0 Å². The number of ether oxygens (including phenoxy) is 1. The summed E-state index contributed by atoms with van der Waals surface area (Å²) >= 11 is 1.27. The molecule has 0 spiro atoms. The molecule has 0 bridgehead atoms. The first-order valence-electron chi connectivity index (χ1n) is 8.58. The Morgan fingerprint density at radius 2 is 2.11 bits per heavy atom. The maximum absolute atomic E-state index is 12.3. The molecule has 8 nitrogen and oxygen atoms in total. The molecule has 0 atom stereocenters. The molecule has 1 amide bonds. The third-order valence-corrected chi connectivity index (χ3v) is 4.83. The van der Waals surface area contributed by atoms with Crippen molar-refractivity contribution in [3.63, 3.8) is 0 Å². The van der Waals surface area contributed by atoms with Gasteiger partial charge in [0.05, 0.1) is 25.2 Å². The lowest BCUT2D eigenvalue weighted by atomic mass is 10.1. The molecule has 146 valence electrons. The van der Waals surface area contributed by atoms with E-state index in [9.17, 15) is 9.59 Å². The highest BCUT2D eigenvalue weighted by atomic mass is 32.2. The van der Waals surface area contributed by atoms with E-state index >= 15 is 0 Å². The second-order valence-electron chi connectivity index (χ2n) is 5.90. The fourth-order valence-electron chi connectivity index (χ4n) is 2.51. The zero-order valence-electron chi connectivity index (χ0n) is 15.5. The van der Waals surface area contributed by atoms with Gasteiger partial charge in [-0.3, -0.25) is 14.2 Å². The average Bonchev–Trinajstić information content (AvgIpc) is 3.34. The Morgan fingerprint density at radius 3 is 2.82 bits per heavy atom. The van der Waals surface area contributed by atoms with Gasteiger partial charge in [-0.15, -0.1) is 10.2 Å². The average molecular weight is 400 g/mol. The SMILES string of the molecule is COCCn1c(SCC(=O)Nc2cccc(C(C)=O)c2)nnc1-c1ccco1. The lowest BCUT2D eigenvalue weighted by Gasteiger charge is -2.09. The van der Waals surface area contributed by atoms with Crippen LogP contribution in [0, 0.1) is 0 Å². The summed E-state index contributed by atoms with van der Waals surface area (Å²) in [6.07, 6.45) is 1.57. The predicted molar refractivity (Wildman–Crippen MR) is 105 cm³/mol. The van der Waals surface area contributed by atoms with Crippen molar-refractivity contribution in [1.82, 2.24) is 14.8 Å².